The lowest BCUT2D eigenvalue weighted by molar-refractivity contribution is -0.116. The number of amides is 1. The maximum absolute atomic E-state index is 11.4. The molecule has 1 rings (SSSR count). The summed E-state index contributed by atoms with van der Waals surface area (Å²) in [5, 5.41) is 2.77. The molecule has 80 valence electrons. The van der Waals surface area contributed by atoms with E-state index in [0.717, 1.165) is 15.9 Å². The summed E-state index contributed by atoms with van der Waals surface area (Å²) in [4.78, 5) is 15.5. The first-order valence-corrected chi connectivity index (χ1v) is 5.45. The van der Waals surface area contributed by atoms with Gasteiger partial charge in [-0.1, -0.05) is 6.08 Å². The molecule has 0 atom stereocenters. The molecule has 1 aromatic rings. The van der Waals surface area contributed by atoms with Gasteiger partial charge in [0.1, 0.15) is 4.60 Å². The minimum atomic E-state index is -0.0153. The van der Waals surface area contributed by atoms with Crippen molar-refractivity contribution >= 4 is 27.5 Å². The monoisotopic (exact) mass is 268 g/mol. The van der Waals surface area contributed by atoms with Crippen molar-refractivity contribution in [2.45, 2.75) is 19.8 Å². The Balaban J connectivity index is 2.60. The number of hydrogen-bond acceptors (Lipinski definition) is 2. The van der Waals surface area contributed by atoms with Crippen LogP contribution in [0.3, 0.4) is 0 Å². The Morgan fingerprint density at radius 1 is 1.73 bits per heavy atom. The highest BCUT2D eigenvalue weighted by Crippen LogP contribution is 2.16. The Bertz CT molecular complexity index is 377. The van der Waals surface area contributed by atoms with Crippen LogP contribution in [0.2, 0.25) is 0 Å². The van der Waals surface area contributed by atoms with Crippen molar-refractivity contribution in [3.8, 4) is 0 Å². The molecule has 1 aromatic heterocycles. The molecule has 1 heterocycles. The van der Waals surface area contributed by atoms with E-state index in [1.165, 1.54) is 0 Å². The normalized spacial score (nSPS) is 9.73. The molecule has 0 aliphatic carbocycles. The molecule has 1 amide bonds. The maximum atomic E-state index is 11.4. The fourth-order valence-corrected chi connectivity index (χ4v) is 1.30. The first kappa shape index (κ1) is 11.9. The van der Waals surface area contributed by atoms with Crippen LogP contribution in [0.1, 0.15) is 18.4 Å². The van der Waals surface area contributed by atoms with Gasteiger partial charge >= 0.3 is 0 Å². The smallest absolute Gasteiger partial charge is 0.224 e. The highest BCUT2D eigenvalue weighted by atomic mass is 79.9. The summed E-state index contributed by atoms with van der Waals surface area (Å²) in [5.41, 5.74) is 1.72. The molecule has 1 N–H and O–H groups in total. The predicted molar refractivity (Wildman–Crippen MR) is 64.7 cm³/mol. The van der Waals surface area contributed by atoms with E-state index in [2.05, 4.69) is 32.8 Å². The standard InChI is InChI=1S/C11H13BrN2O/c1-3-4-5-10(15)14-9-6-8(2)11(12)13-7-9/h3,6-7H,1,4-5H2,2H3,(H,14,15). The van der Waals surface area contributed by atoms with Crippen molar-refractivity contribution in [2.75, 3.05) is 5.32 Å². The Kier molecular flexibility index (Phi) is 4.49. The number of halogens is 1. The van der Waals surface area contributed by atoms with Gasteiger partial charge in [-0.15, -0.1) is 6.58 Å². The van der Waals surface area contributed by atoms with E-state index < -0.39 is 0 Å². The van der Waals surface area contributed by atoms with Gasteiger partial charge in [-0.2, -0.15) is 0 Å². The average Bonchev–Trinajstić information content (AvgIpc) is 2.20. The molecule has 0 aliphatic heterocycles. The average molecular weight is 269 g/mol. The molecule has 3 nitrogen and oxygen atoms in total. The highest BCUT2D eigenvalue weighted by Gasteiger charge is 2.03. The van der Waals surface area contributed by atoms with Crippen LogP contribution in [0.5, 0.6) is 0 Å². The molecule has 0 bridgehead atoms. The Hall–Kier alpha value is -1.16. The van der Waals surface area contributed by atoms with Crippen molar-refractivity contribution in [2.24, 2.45) is 0 Å². The number of nitrogens with one attached hydrogen (secondary N) is 1. The van der Waals surface area contributed by atoms with Gasteiger partial charge in [-0.3, -0.25) is 4.79 Å². The van der Waals surface area contributed by atoms with Gasteiger partial charge in [-0.25, -0.2) is 4.98 Å². The fraction of sp³-hybridized carbons (Fsp3) is 0.273. The number of pyridine rings is 1. The second-order valence-electron chi connectivity index (χ2n) is 3.21. The van der Waals surface area contributed by atoms with Gasteiger partial charge < -0.3 is 5.32 Å². The van der Waals surface area contributed by atoms with E-state index in [4.69, 9.17) is 0 Å². The van der Waals surface area contributed by atoms with Crippen LogP contribution in [-0.4, -0.2) is 10.9 Å². The molecule has 0 aromatic carbocycles. The summed E-state index contributed by atoms with van der Waals surface area (Å²) in [7, 11) is 0. The lowest BCUT2D eigenvalue weighted by Gasteiger charge is -2.05. The van der Waals surface area contributed by atoms with Crippen molar-refractivity contribution in [1.29, 1.82) is 0 Å². The molecular formula is C11H13BrN2O. The number of carbonyl (C=O) groups is 1. The molecule has 0 unspecified atom stereocenters. The minimum absolute atomic E-state index is 0.0153. The van der Waals surface area contributed by atoms with Crippen molar-refractivity contribution in [1.82, 2.24) is 4.98 Å². The van der Waals surface area contributed by atoms with E-state index in [9.17, 15) is 4.79 Å². The van der Waals surface area contributed by atoms with Gasteiger partial charge in [0, 0.05) is 6.42 Å². The zero-order valence-corrected chi connectivity index (χ0v) is 10.2. The number of nitrogens with zero attached hydrogens (tertiary/aromatic N) is 1. The van der Waals surface area contributed by atoms with E-state index >= 15 is 0 Å². The zero-order valence-electron chi connectivity index (χ0n) is 8.59. The SMILES string of the molecule is C=CCCC(=O)Nc1cnc(Br)c(C)c1. The van der Waals surface area contributed by atoms with Gasteiger partial charge in [0.25, 0.3) is 0 Å². The second-order valence-corrected chi connectivity index (χ2v) is 3.96. The summed E-state index contributed by atoms with van der Waals surface area (Å²) in [6.07, 6.45) is 4.50. The Labute approximate surface area is 97.7 Å². The predicted octanol–water partition coefficient (Wildman–Crippen LogP) is 3.06. The topological polar surface area (TPSA) is 42.0 Å². The molecule has 0 saturated heterocycles. The van der Waals surface area contributed by atoms with Gasteiger partial charge in [0.05, 0.1) is 11.9 Å². The number of carbonyl (C=O) groups excluding carboxylic acids is 1. The van der Waals surface area contributed by atoms with Crippen LogP contribution < -0.4 is 5.32 Å². The molecule has 0 aliphatic rings. The summed E-state index contributed by atoms with van der Waals surface area (Å²) in [5.74, 6) is -0.0153. The first-order valence-electron chi connectivity index (χ1n) is 4.66. The van der Waals surface area contributed by atoms with Crippen LogP contribution in [0.15, 0.2) is 29.5 Å². The second kappa shape index (κ2) is 5.66. The van der Waals surface area contributed by atoms with Crippen LogP contribution in [-0.2, 0) is 4.79 Å². The largest absolute Gasteiger partial charge is 0.325 e. The summed E-state index contributed by atoms with van der Waals surface area (Å²) in [6, 6.07) is 1.88. The number of rotatable bonds is 4. The van der Waals surface area contributed by atoms with Gasteiger partial charge in [0.2, 0.25) is 5.91 Å². The number of allylic oxidation sites excluding steroid dienone is 1. The van der Waals surface area contributed by atoms with Crippen molar-refractivity contribution in [3.63, 3.8) is 0 Å². The van der Waals surface area contributed by atoms with E-state index in [1.54, 1.807) is 12.3 Å². The van der Waals surface area contributed by atoms with Crippen LogP contribution in [0, 0.1) is 6.92 Å². The molecule has 0 radical (unpaired) electrons. The van der Waals surface area contributed by atoms with Crippen molar-refractivity contribution in [3.05, 3.63) is 35.1 Å². The summed E-state index contributed by atoms with van der Waals surface area (Å²) >= 11 is 3.30. The quantitative estimate of drug-likeness (QED) is 0.674. The summed E-state index contributed by atoms with van der Waals surface area (Å²) < 4.78 is 0.798. The number of anilines is 1. The maximum Gasteiger partial charge on any atom is 0.224 e. The number of hydrogen-bond donors (Lipinski definition) is 1. The van der Waals surface area contributed by atoms with Crippen molar-refractivity contribution < 1.29 is 4.79 Å². The van der Waals surface area contributed by atoms with Crippen LogP contribution in [0.25, 0.3) is 0 Å². The molecule has 15 heavy (non-hydrogen) atoms. The molecule has 0 fully saturated rings. The molecule has 4 heteroatoms. The third-order valence-corrected chi connectivity index (χ3v) is 2.70. The Morgan fingerprint density at radius 3 is 3.07 bits per heavy atom. The lowest BCUT2D eigenvalue weighted by atomic mass is 10.2. The molecule has 0 saturated carbocycles. The highest BCUT2D eigenvalue weighted by molar-refractivity contribution is 9.10. The fourth-order valence-electron chi connectivity index (χ4n) is 1.08. The lowest BCUT2D eigenvalue weighted by Crippen LogP contribution is -2.11. The Morgan fingerprint density at radius 2 is 2.47 bits per heavy atom. The number of aromatic nitrogens is 1. The van der Waals surface area contributed by atoms with E-state index in [0.29, 0.717) is 12.8 Å². The minimum Gasteiger partial charge on any atom is -0.325 e. The third kappa shape index (κ3) is 3.83. The summed E-state index contributed by atoms with van der Waals surface area (Å²) in [6.45, 7) is 5.49. The zero-order chi connectivity index (χ0) is 11.3. The van der Waals surface area contributed by atoms with Gasteiger partial charge in [0.15, 0.2) is 0 Å². The van der Waals surface area contributed by atoms with E-state index in [1.807, 2.05) is 13.0 Å². The van der Waals surface area contributed by atoms with Crippen LogP contribution >= 0.6 is 15.9 Å². The molecular weight excluding hydrogens is 256 g/mol. The number of aryl methyl sites for hydroxylation is 1. The third-order valence-electron chi connectivity index (χ3n) is 1.87. The molecule has 0 spiro atoms. The van der Waals surface area contributed by atoms with E-state index in [-0.39, 0.29) is 5.91 Å². The van der Waals surface area contributed by atoms with Gasteiger partial charge in [-0.05, 0) is 40.9 Å². The van der Waals surface area contributed by atoms with Crippen LogP contribution in [0.4, 0.5) is 5.69 Å². The first-order chi connectivity index (χ1) is 7.13.